The molecule has 1 saturated carbocycles. The van der Waals surface area contributed by atoms with Gasteiger partial charge in [-0.15, -0.1) is 0 Å². The number of carbonyl (C=O) groups excluding carboxylic acids is 2. The normalized spacial score (nSPS) is 20.2. The lowest BCUT2D eigenvalue weighted by Crippen LogP contribution is -2.39. The number of benzene rings is 1. The van der Waals surface area contributed by atoms with Gasteiger partial charge in [-0.05, 0) is 55.7 Å². The predicted molar refractivity (Wildman–Crippen MR) is 91.8 cm³/mol. The third kappa shape index (κ3) is 6.22. The molecular weight excluding hydrogens is 306 g/mol. The van der Waals surface area contributed by atoms with E-state index < -0.39 is 0 Å². The van der Waals surface area contributed by atoms with Gasteiger partial charge in [0.25, 0.3) is 5.91 Å². The van der Waals surface area contributed by atoms with Crippen LogP contribution in [0.15, 0.2) is 24.3 Å². The number of carbonyl (C=O) groups is 2. The summed E-state index contributed by atoms with van der Waals surface area (Å²) in [6, 6.07) is 7.79. The van der Waals surface area contributed by atoms with Crippen LogP contribution in [0.5, 0.6) is 5.75 Å². The zero-order valence-corrected chi connectivity index (χ0v) is 14.5. The summed E-state index contributed by atoms with van der Waals surface area (Å²) < 4.78 is 10.1. The molecule has 0 aromatic heterocycles. The number of amides is 1. The van der Waals surface area contributed by atoms with E-state index in [4.69, 9.17) is 9.47 Å². The maximum absolute atomic E-state index is 11.8. The van der Waals surface area contributed by atoms with Crippen molar-refractivity contribution in [1.29, 1.82) is 0 Å². The van der Waals surface area contributed by atoms with Crippen molar-refractivity contribution in [1.82, 2.24) is 5.32 Å². The molecule has 0 bridgehead atoms. The van der Waals surface area contributed by atoms with Gasteiger partial charge in [0, 0.05) is 12.5 Å². The van der Waals surface area contributed by atoms with Crippen LogP contribution >= 0.6 is 0 Å². The molecule has 1 aliphatic carbocycles. The smallest absolute Gasteiger partial charge is 0.306 e. The number of hydrogen-bond acceptors (Lipinski definition) is 4. The fourth-order valence-corrected chi connectivity index (χ4v) is 2.93. The highest BCUT2D eigenvalue weighted by Crippen LogP contribution is 2.23. The third-order valence-electron chi connectivity index (χ3n) is 4.52. The van der Waals surface area contributed by atoms with Gasteiger partial charge >= 0.3 is 5.97 Å². The van der Waals surface area contributed by atoms with Crippen LogP contribution in [0.4, 0.5) is 0 Å². The lowest BCUT2D eigenvalue weighted by Gasteiger charge is -2.26. The summed E-state index contributed by atoms with van der Waals surface area (Å²) in [6.45, 7) is 2.05. The Balaban J connectivity index is 1.62. The fraction of sp³-hybridized carbons (Fsp3) is 0.579. The average Bonchev–Trinajstić information content (AvgIpc) is 2.60. The minimum atomic E-state index is -0.349. The molecule has 1 aromatic carbocycles. The van der Waals surface area contributed by atoms with Crippen LogP contribution < -0.4 is 10.1 Å². The van der Waals surface area contributed by atoms with E-state index in [0.717, 1.165) is 42.9 Å². The van der Waals surface area contributed by atoms with Gasteiger partial charge in [0.05, 0.1) is 7.11 Å². The molecule has 0 saturated heterocycles. The Labute approximate surface area is 143 Å². The first-order valence-corrected chi connectivity index (χ1v) is 8.64. The van der Waals surface area contributed by atoms with Gasteiger partial charge in [0.1, 0.15) is 5.75 Å². The van der Waals surface area contributed by atoms with E-state index in [9.17, 15) is 9.59 Å². The van der Waals surface area contributed by atoms with E-state index in [0.29, 0.717) is 6.42 Å². The standard InChI is InChI=1S/C19H27NO4/c1-14-3-8-16(9-4-14)20-18(21)13-24-19(22)12-7-15-5-10-17(23-2)11-6-15/h5-6,10-11,14,16H,3-4,7-9,12-13H2,1-2H3,(H,20,21). The molecule has 5 heteroatoms. The Morgan fingerprint density at radius 3 is 2.42 bits per heavy atom. The van der Waals surface area contributed by atoms with Crippen molar-refractivity contribution in [2.45, 2.75) is 51.5 Å². The van der Waals surface area contributed by atoms with E-state index in [1.807, 2.05) is 24.3 Å². The lowest BCUT2D eigenvalue weighted by molar-refractivity contribution is -0.148. The molecule has 0 unspecified atom stereocenters. The van der Waals surface area contributed by atoms with E-state index >= 15 is 0 Å². The Morgan fingerprint density at radius 2 is 1.79 bits per heavy atom. The monoisotopic (exact) mass is 333 g/mol. The van der Waals surface area contributed by atoms with Crippen molar-refractivity contribution < 1.29 is 19.1 Å². The van der Waals surface area contributed by atoms with Crippen LogP contribution in [0.1, 0.15) is 44.6 Å². The molecule has 1 fully saturated rings. The Hall–Kier alpha value is -2.04. The van der Waals surface area contributed by atoms with Crippen molar-refractivity contribution in [3.63, 3.8) is 0 Å². The fourth-order valence-electron chi connectivity index (χ4n) is 2.93. The molecule has 2 rings (SSSR count). The van der Waals surface area contributed by atoms with E-state index in [-0.39, 0.29) is 30.9 Å². The third-order valence-corrected chi connectivity index (χ3v) is 4.52. The van der Waals surface area contributed by atoms with Crippen LogP contribution in [0, 0.1) is 5.92 Å². The van der Waals surface area contributed by atoms with Crippen molar-refractivity contribution >= 4 is 11.9 Å². The predicted octanol–water partition coefficient (Wildman–Crippen LogP) is 2.87. The summed E-state index contributed by atoms with van der Waals surface area (Å²) in [4.78, 5) is 23.6. The van der Waals surface area contributed by atoms with Crippen LogP contribution in [-0.4, -0.2) is 31.6 Å². The Morgan fingerprint density at radius 1 is 1.12 bits per heavy atom. The molecule has 132 valence electrons. The number of ether oxygens (including phenoxy) is 2. The maximum atomic E-state index is 11.8. The Bertz CT molecular complexity index is 533. The number of rotatable bonds is 7. The largest absolute Gasteiger partial charge is 0.497 e. The number of methoxy groups -OCH3 is 1. The first-order chi connectivity index (χ1) is 11.6. The summed E-state index contributed by atoms with van der Waals surface area (Å²) in [6.07, 6.45) is 5.17. The first-order valence-electron chi connectivity index (χ1n) is 8.64. The lowest BCUT2D eigenvalue weighted by atomic mass is 9.87. The summed E-state index contributed by atoms with van der Waals surface area (Å²) in [5, 5.41) is 2.95. The second-order valence-corrected chi connectivity index (χ2v) is 6.53. The summed E-state index contributed by atoms with van der Waals surface area (Å²) in [5.74, 6) is 0.981. The minimum absolute atomic E-state index is 0.187. The molecule has 1 N–H and O–H groups in total. The topological polar surface area (TPSA) is 64.6 Å². The summed E-state index contributed by atoms with van der Waals surface area (Å²) >= 11 is 0. The number of esters is 1. The first kappa shape index (κ1) is 18.3. The second-order valence-electron chi connectivity index (χ2n) is 6.53. The molecule has 0 aliphatic heterocycles. The van der Waals surface area contributed by atoms with Gasteiger partial charge in [-0.3, -0.25) is 9.59 Å². The van der Waals surface area contributed by atoms with Gasteiger partial charge in [0.15, 0.2) is 6.61 Å². The molecule has 24 heavy (non-hydrogen) atoms. The van der Waals surface area contributed by atoms with Gasteiger partial charge in [-0.2, -0.15) is 0 Å². The molecule has 1 aliphatic rings. The highest BCUT2D eigenvalue weighted by atomic mass is 16.5. The number of aryl methyl sites for hydroxylation is 1. The molecular formula is C19H27NO4. The molecule has 0 atom stereocenters. The van der Waals surface area contributed by atoms with Crippen molar-refractivity contribution in [2.75, 3.05) is 13.7 Å². The number of nitrogens with one attached hydrogen (secondary N) is 1. The zero-order valence-electron chi connectivity index (χ0n) is 14.5. The average molecular weight is 333 g/mol. The number of hydrogen-bond donors (Lipinski definition) is 1. The zero-order chi connectivity index (χ0) is 17.4. The van der Waals surface area contributed by atoms with E-state index in [1.165, 1.54) is 0 Å². The van der Waals surface area contributed by atoms with Gasteiger partial charge < -0.3 is 14.8 Å². The quantitative estimate of drug-likeness (QED) is 0.779. The van der Waals surface area contributed by atoms with Crippen molar-refractivity contribution in [3.05, 3.63) is 29.8 Å². The molecule has 1 amide bonds. The second kappa shape index (κ2) is 9.30. The van der Waals surface area contributed by atoms with Gasteiger partial charge in [-0.1, -0.05) is 19.1 Å². The van der Waals surface area contributed by atoms with Crippen LogP contribution in [0.2, 0.25) is 0 Å². The van der Waals surface area contributed by atoms with Crippen LogP contribution in [0.25, 0.3) is 0 Å². The molecule has 5 nitrogen and oxygen atoms in total. The molecule has 0 spiro atoms. The van der Waals surface area contributed by atoms with E-state index in [1.54, 1.807) is 7.11 Å². The minimum Gasteiger partial charge on any atom is -0.497 e. The highest BCUT2D eigenvalue weighted by molar-refractivity contribution is 5.80. The van der Waals surface area contributed by atoms with E-state index in [2.05, 4.69) is 12.2 Å². The summed E-state index contributed by atoms with van der Waals surface area (Å²) in [7, 11) is 1.62. The van der Waals surface area contributed by atoms with Crippen molar-refractivity contribution in [3.8, 4) is 5.75 Å². The van der Waals surface area contributed by atoms with Crippen LogP contribution in [-0.2, 0) is 20.7 Å². The molecule has 1 aromatic rings. The van der Waals surface area contributed by atoms with Gasteiger partial charge in [-0.25, -0.2) is 0 Å². The van der Waals surface area contributed by atoms with Gasteiger partial charge in [0.2, 0.25) is 0 Å². The Kier molecular flexibility index (Phi) is 7.09. The highest BCUT2D eigenvalue weighted by Gasteiger charge is 2.20. The summed E-state index contributed by atoms with van der Waals surface area (Å²) in [5.41, 5.74) is 1.04. The van der Waals surface area contributed by atoms with Crippen LogP contribution in [0.3, 0.4) is 0 Å². The SMILES string of the molecule is COc1ccc(CCC(=O)OCC(=O)NC2CCC(C)CC2)cc1. The van der Waals surface area contributed by atoms with Crippen molar-refractivity contribution in [2.24, 2.45) is 5.92 Å². The molecule has 0 radical (unpaired) electrons. The maximum Gasteiger partial charge on any atom is 0.306 e. The molecule has 0 heterocycles.